The maximum absolute atomic E-state index is 12.3. The van der Waals surface area contributed by atoms with Crippen molar-refractivity contribution >= 4 is 17.8 Å². The molecular formula is C23H29N3O5. The molecule has 0 saturated carbocycles. The van der Waals surface area contributed by atoms with Crippen LogP contribution in [0.5, 0.6) is 0 Å². The van der Waals surface area contributed by atoms with E-state index in [1.165, 1.54) is 0 Å². The third-order valence-electron chi connectivity index (χ3n) is 4.80. The molecule has 0 aliphatic rings. The second kappa shape index (κ2) is 12.5. The number of carbonyl (C=O) groups is 3. The minimum absolute atomic E-state index is 0.00740. The van der Waals surface area contributed by atoms with Gasteiger partial charge in [0.2, 0.25) is 11.8 Å². The highest BCUT2D eigenvalue weighted by molar-refractivity contribution is 5.77. The van der Waals surface area contributed by atoms with Gasteiger partial charge in [-0.05, 0) is 41.2 Å². The molecule has 0 aliphatic heterocycles. The summed E-state index contributed by atoms with van der Waals surface area (Å²) in [7, 11) is 0. The van der Waals surface area contributed by atoms with Gasteiger partial charge in [0, 0.05) is 25.4 Å². The van der Waals surface area contributed by atoms with E-state index in [9.17, 15) is 19.5 Å². The minimum Gasteiger partial charge on any atom is -0.481 e. The number of hydrogen-bond acceptors (Lipinski definition) is 5. The van der Waals surface area contributed by atoms with E-state index in [-0.39, 0.29) is 44.9 Å². The number of benzene rings is 2. The first kappa shape index (κ1) is 24.0. The van der Waals surface area contributed by atoms with Gasteiger partial charge < -0.3 is 26.6 Å². The molecule has 1 unspecified atom stereocenters. The number of rotatable bonds is 13. The van der Waals surface area contributed by atoms with Gasteiger partial charge in [0.25, 0.3) is 0 Å². The zero-order valence-electron chi connectivity index (χ0n) is 17.3. The number of carboxylic acids is 1. The van der Waals surface area contributed by atoms with Crippen molar-refractivity contribution in [2.75, 3.05) is 13.1 Å². The Morgan fingerprint density at radius 3 is 2.35 bits per heavy atom. The number of primary amides is 1. The molecule has 0 spiro atoms. The van der Waals surface area contributed by atoms with Crippen molar-refractivity contribution in [1.82, 2.24) is 10.6 Å². The summed E-state index contributed by atoms with van der Waals surface area (Å²) in [5.41, 5.74) is 8.98. The van der Waals surface area contributed by atoms with Gasteiger partial charge in [0.05, 0.1) is 13.2 Å². The Hall–Kier alpha value is -3.23. The van der Waals surface area contributed by atoms with E-state index in [4.69, 9.17) is 10.8 Å². The molecule has 166 valence electrons. The van der Waals surface area contributed by atoms with Crippen LogP contribution in [0.3, 0.4) is 0 Å². The lowest BCUT2D eigenvalue weighted by Gasteiger charge is -2.18. The molecule has 0 aliphatic carbocycles. The first-order valence-corrected chi connectivity index (χ1v) is 10.2. The molecule has 0 radical (unpaired) electrons. The SMILES string of the molecule is NC(=O)CNCC(CCC(=O)O)NC(=O)CCc1ccc(-c2cccc(CO)c2)cc1. The van der Waals surface area contributed by atoms with Gasteiger partial charge in [0.1, 0.15) is 0 Å². The van der Waals surface area contributed by atoms with Crippen molar-refractivity contribution in [3.05, 3.63) is 59.7 Å². The first-order valence-electron chi connectivity index (χ1n) is 10.2. The van der Waals surface area contributed by atoms with Crippen molar-refractivity contribution in [1.29, 1.82) is 0 Å². The average molecular weight is 428 g/mol. The van der Waals surface area contributed by atoms with Gasteiger partial charge in [0.15, 0.2) is 0 Å². The third-order valence-corrected chi connectivity index (χ3v) is 4.80. The van der Waals surface area contributed by atoms with E-state index >= 15 is 0 Å². The fourth-order valence-corrected chi connectivity index (χ4v) is 3.16. The highest BCUT2D eigenvalue weighted by Crippen LogP contribution is 2.21. The summed E-state index contributed by atoms with van der Waals surface area (Å²) in [6.45, 7) is 0.225. The van der Waals surface area contributed by atoms with E-state index in [0.29, 0.717) is 6.42 Å². The molecule has 0 fully saturated rings. The number of carbonyl (C=O) groups excluding carboxylic acids is 2. The van der Waals surface area contributed by atoms with Crippen LogP contribution >= 0.6 is 0 Å². The third kappa shape index (κ3) is 8.98. The number of nitrogens with one attached hydrogen (secondary N) is 2. The van der Waals surface area contributed by atoms with Crippen molar-refractivity contribution in [3.8, 4) is 11.1 Å². The molecule has 0 bridgehead atoms. The molecule has 2 aromatic rings. The number of aliphatic hydroxyl groups excluding tert-OH is 1. The summed E-state index contributed by atoms with van der Waals surface area (Å²) in [6.07, 6.45) is 0.985. The number of hydrogen-bond donors (Lipinski definition) is 5. The zero-order chi connectivity index (χ0) is 22.6. The van der Waals surface area contributed by atoms with Crippen molar-refractivity contribution in [2.24, 2.45) is 5.73 Å². The number of nitrogens with two attached hydrogens (primary N) is 1. The summed E-state index contributed by atoms with van der Waals surface area (Å²) in [5.74, 6) is -1.65. The zero-order valence-corrected chi connectivity index (χ0v) is 17.3. The van der Waals surface area contributed by atoms with Crippen LogP contribution in [-0.4, -0.2) is 47.1 Å². The average Bonchev–Trinajstić information content (AvgIpc) is 2.76. The summed E-state index contributed by atoms with van der Waals surface area (Å²) in [4.78, 5) is 34.0. The molecule has 8 heteroatoms. The van der Waals surface area contributed by atoms with Crippen LogP contribution in [0.4, 0.5) is 0 Å². The number of amides is 2. The molecule has 2 rings (SSSR count). The van der Waals surface area contributed by atoms with Crippen LogP contribution in [0, 0.1) is 0 Å². The second-order valence-electron chi connectivity index (χ2n) is 7.35. The largest absolute Gasteiger partial charge is 0.481 e. The Morgan fingerprint density at radius 1 is 0.968 bits per heavy atom. The van der Waals surface area contributed by atoms with Crippen LogP contribution in [0.1, 0.15) is 30.4 Å². The monoisotopic (exact) mass is 427 g/mol. The number of aliphatic hydroxyl groups is 1. The van der Waals surface area contributed by atoms with E-state index in [1.807, 2.05) is 48.5 Å². The molecule has 0 heterocycles. The normalized spacial score (nSPS) is 11.6. The van der Waals surface area contributed by atoms with Gasteiger partial charge in [-0.25, -0.2) is 0 Å². The second-order valence-corrected chi connectivity index (χ2v) is 7.35. The Morgan fingerprint density at radius 2 is 1.71 bits per heavy atom. The summed E-state index contributed by atoms with van der Waals surface area (Å²) in [6, 6.07) is 15.2. The Labute approximate surface area is 181 Å². The van der Waals surface area contributed by atoms with Crippen LogP contribution in [0.15, 0.2) is 48.5 Å². The van der Waals surface area contributed by atoms with E-state index in [2.05, 4.69) is 10.6 Å². The van der Waals surface area contributed by atoms with Gasteiger partial charge in [-0.2, -0.15) is 0 Å². The highest BCUT2D eigenvalue weighted by Gasteiger charge is 2.14. The van der Waals surface area contributed by atoms with Crippen LogP contribution in [0.2, 0.25) is 0 Å². The summed E-state index contributed by atoms with van der Waals surface area (Å²) in [5, 5.41) is 23.8. The standard InChI is InChI=1S/C23H29N3O5/c24-21(28)14-25-13-20(9-11-23(30)31)26-22(29)10-6-16-4-7-18(8-5-16)19-3-1-2-17(12-19)15-27/h1-5,7-8,12,20,25,27H,6,9-11,13-15H2,(H2,24,28)(H,26,29)(H,30,31). The Bertz CT molecular complexity index is 883. The van der Waals surface area contributed by atoms with Crippen LogP contribution < -0.4 is 16.4 Å². The van der Waals surface area contributed by atoms with E-state index < -0.39 is 17.9 Å². The number of carboxylic acid groups (broad SMARTS) is 1. The predicted octanol–water partition coefficient (Wildman–Crippen LogP) is 1.20. The lowest BCUT2D eigenvalue weighted by atomic mass is 10.0. The van der Waals surface area contributed by atoms with Crippen molar-refractivity contribution in [3.63, 3.8) is 0 Å². The smallest absolute Gasteiger partial charge is 0.303 e. The van der Waals surface area contributed by atoms with Gasteiger partial charge in [-0.15, -0.1) is 0 Å². The Kier molecular flexibility index (Phi) is 9.67. The molecular weight excluding hydrogens is 398 g/mol. The number of aliphatic carboxylic acids is 1. The molecule has 2 amide bonds. The fraction of sp³-hybridized carbons (Fsp3) is 0.348. The van der Waals surface area contributed by atoms with E-state index in [0.717, 1.165) is 22.3 Å². The maximum Gasteiger partial charge on any atom is 0.303 e. The van der Waals surface area contributed by atoms with Gasteiger partial charge >= 0.3 is 5.97 Å². The summed E-state index contributed by atoms with van der Waals surface area (Å²) >= 11 is 0. The highest BCUT2D eigenvalue weighted by atomic mass is 16.4. The van der Waals surface area contributed by atoms with Crippen LogP contribution in [-0.2, 0) is 27.4 Å². The quantitative estimate of drug-likeness (QED) is 0.325. The molecule has 8 nitrogen and oxygen atoms in total. The molecule has 6 N–H and O–H groups in total. The van der Waals surface area contributed by atoms with Crippen molar-refractivity contribution in [2.45, 2.75) is 38.3 Å². The maximum atomic E-state index is 12.3. The predicted molar refractivity (Wildman–Crippen MR) is 117 cm³/mol. The number of aryl methyl sites for hydroxylation is 1. The minimum atomic E-state index is -0.946. The van der Waals surface area contributed by atoms with Gasteiger partial charge in [-0.3, -0.25) is 14.4 Å². The van der Waals surface area contributed by atoms with Crippen molar-refractivity contribution < 1.29 is 24.6 Å². The summed E-state index contributed by atoms with van der Waals surface area (Å²) < 4.78 is 0. The first-order chi connectivity index (χ1) is 14.9. The topological polar surface area (TPSA) is 142 Å². The van der Waals surface area contributed by atoms with E-state index in [1.54, 1.807) is 0 Å². The fourth-order valence-electron chi connectivity index (χ4n) is 3.16. The lowest BCUT2D eigenvalue weighted by molar-refractivity contribution is -0.137. The molecule has 0 saturated heterocycles. The van der Waals surface area contributed by atoms with Gasteiger partial charge in [-0.1, -0.05) is 42.5 Å². The lowest BCUT2D eigenvalue weighted by Crippen LogP contribution is -2.44. The molecule has 0 aromatic heterocycles. The van der Waals surface area contributed by atoms with Crippen LogP contribution in [0.25, 0.3) is 11.1 Å². The Balaban J connectivity index is 1.87. The molecule has 2 aromatic carbocycles. The molecule has 31 heavy (non-hydrogen) atoms. The molecule has 1 atom stereocenters.